The van der Waals surface area contributed by atoms with E-state index in [1.165, 1.54) is 7.11 Å². The van der Waals surface area contributed by atoms with Crippen molar-refractivity contribution in [2.45, 2.75) is 58.8 Å². The van der Waals surface area contributed by atoms with Crippen LogP contribution in [0.15, 0.2) is 66.7 Å². The third-order valence-electron chi connectivity index (χ3n) is 6.38. The van der Waals surface area contributed by atoms with Crippen LogP contribution >= 0.6 is 0 Å². The summed E-state index contributed by atoms with van der Waals surface area (Å²) < 4.78 is 11.2. The lowest BCUT2D eigenvalue weighted by atomic mass is 9.84. The summed E-state index contributed by atoms with van der Waals surface area (Å²) in [4.78, 5) is 41.2. The lowest BCUT2D eigenvalue weighted by Crippen LogP contribution is -2.20. The van der Waals surface area contributed by atoms with Gasteiger partial charge in [-0.25, -0.2) is 4.79 Å². The molecule has 194 valence electrons. The van der Waals surface area contributed by atoms with Crippen LogP contribution < -0.4 is 4.74 Å². The molecule has 0 atom stereocenters. The van der Waals surface area contributed by atoms with Crippen LogP contribution in [0.1, 0.15) is 100 Å². The van der Waals surface area contributed by atoms with Crippen LogP contribution in [0.5, 0.6) is 5.75 Å². The average Bonchev–Trinajstić information content (AvgIpc) is 2.94. The third-order valence-corrected chi connectivity index (χ3v) is 6.38. The second kappa shape index (κ2) is 14.1. The van der Waals surface area contributed by atoms with Gasteiger partial charge in [0, 0.05) is 16.7 Å². The molecule has 0 aliphatic heterocycles. The Kier molecular flexibility index (Phi) is 10.6. The molecule has 0 saturated heterocycles. The van der Waals surface area contributed by atoms with E-state index in [2.05, 4.69) is 6.92 Å². The van der Waals surface area contributed by atoms with Crippen molar-refractivity contribution in [3.05, 3.63) is 100 Å². The summed E-state index contributed by atoms with van der Waals surface area (Å²) in [5.41, 5.74) is 2.12. The second-order valence-electron chi connectivity index (χ2n) is 9.05. The van der Waals surface area contributed by atoms with Gasteiger partial charge in [0.15, 0.2) is 11.6 Å². The number of esters is 1. The summed E-state index contributed by atoms with van der Waals surface area (Å²) in [7, 11) is 1.45. The maximum atomic E-state index is 14.1. The van der Waals surface area contributed by atoms with Crippen LogP contribution in [0.25, 0.3) is 0 Å². The summed E-state index contributed by atoms with van der Waals surface area (Å²) >= 11 is 0. The van der Waals surface area contributed by atoms with Gasteiger partial charge in [-0.1, -0.05) is 100 Å². The first-order valence-electron chi connectivity index (χ1n) is 13.1. The number of carbonyl (C=O) groups excluding carboxylic acids is 3. The molecule has 5 nitrogen and oxygen atoms in total. The highest BCUT2D eigenvalue weighted by molar-refractivity contribution is 6.22. The van der Waals surface area contributed by atoms with E-state index in [1.807, 2.05) is 19.1 Å². The van der Waals surface area contributed by atoms with Crippen LogP contribution in [0, 0.1) is 0 Å². The van der Waals surface area contributed by atoms with Crippen molar-refractivity contribution in [2.75, 3.05) is 13.7 Å². The predicted octanol–water partition coefficient (Wildman–Crippen LogP) is 7.24. The van der Waals surface area contributed by atoms with Gasteiger partial charge in [-0.05, 0) is 30.9 Å². The number of unbranched alkanes of at least 4 members (excludes halogenated alkanes) is 4. The number of carbonyl (C=O) groups is 3. The second-order valence-corrected chi connectivity index (χ2v) is 9.05. The number of hydrogen-bond acceptors (Lipinski definition) is 5. The average molecular weight is 501 g/mol. The van der Waals surface area contributed by atoms with Crippen LogP contribution in [0.3, 0.4) is 0 Å². The van der Waals surface area contributed by atoms with E-state index in [1.54, 1.807) is 54.6 Å². The molecule has 5 heteroatoms. The lowest BCUT2D eigenvalue weighted by molar-refractivity contribution is 0.0497. The van der Waals surface area contributed by atoms with Crippen LogP contribution in [-0.4, -0.2) is 31.3 Å². The molecule has 0 bridgehead atoms. The first-order chi connectivity index (χ1) is 18.0. The lowest BCUT2D eigenvalue weighted by Gasteiger charge is -2.20. The molecular weight excluding hydrogens is 464 g/mol. The quantitative estimate of drug-likeness (QED) is 0.133. The van der Waals surface area contributed by atoms with Crippen molar-refractivity contribution in [2.24, 2.45) is 0 Å². The fourth-order valence-corrected chi connectivity index (χ4v) is 4.36. The Hall–Kier alpha value is -3.73. The zero-order valence-electron chi connectivity index (χ0n) is 22.0. The Morgan fingerprint density at radius 3 is 1.81 bits per heavy atom. The Balaban J connectivity index is 2.28. The van der Waals surface area contributed by atoms with Gasteiger partial charge < -0.3 is 9.47 Å². The number of ketones is 2. The van der Waals surface area contributed by atoms with E-state index in [0.717, 1.165) is 38.5 Å². The van der Waals surface area contributed by atoms with E-state index in [-0.39, 0.29) is 34.0 Å². The molecule has 0 spiro atoms. The van der Waals surface area contributed by atoms with Crippen LogP contribution in [0.2, 0.25) is 0 Å². The van der Waals surface area contributed by atoms with Crippen molar-refractivity contribution in [1.82, 2.24) is 0 Å². The minimum absolute atomic E-state index is 0.179. The summed E-state index contributed by atoms with van der Waals surface area (Å²) in [6, 6.07) is 19.2. The number of rotatable bonds is 14. The van der Waals surface area contributed by atoms with Crippen molar-refractivity contribution in [3.63, 3.8) is 0 Å². The first-order valence-corrected chi connectivity index (χ1v) is 13.1. The van der Waals surface area contributed by atoms with Crippen molar-refractivity contribution in [1.29, 1.82) is 0 Å². The molecule has 3 aromatic rings. The SMILES string of the molecule is CCCCCCc1c(C(=O)OCCCC)cc(OC)c(C(=O)c2ccccc2)c1C(=O)c1ccccc1. The fourth-order valence-electron chi connectivity index (χ4n) is 4.36. The van der Waals surface area contributed by atoms with Gasteiger partial charge in [0.05, 0.1) is 24.8 Å². The highest BCUT2D eigenvalue weighted by Gasteiger charge is 2.31. The topological polar surface area (TPSA) is 69.7 Å². The zero-order chi connectivity index (χ0) is 26.6. The molecule has 3 aromatic carbocycles. The van der Waals surface area contributed by atoms with Gasteiger partial charge in [0.1, 0.15) is 5.75 Å². The smallest absolute Gasteiger partial charge is 0.338 e. The molecule has 0 aliphatic carbocycles. The van der Waals surface area contributed by atoms with Gasteiger partial charge in [-0.15, -0.1) is 0 Å². The number of methoxy groups -OCH3 is 1. The largest absolute Gasteiger partial charge is 0.496 e. The standard InChI is InChI=1S/C32H36O5/c1-4-6-8-15-20-25-26(32(35)37-21-7-5-2)22-27(36-3)29(31(34)24-18-13-10-14-19-24)28(25)30(33)23-16-11-9-12-17-23/h9-14,16-19,22H,4-8,15,20-21H2,1-3H3. The predicted molar refractivity (Wildman–Crippen MR) is 146 cm³/mol. The van der Waals surface area contributed by atoms with Gasteiger partial charge in [0.25, 0.3) is 0 Å². The molecular formula is C32H36O5. The summed E-state index contributed by atoms with van der Waals surface area (Å²) in [6.45, 7) is 4.45. The molecule has 0 aliphatic rings. The Labute approximate surface area is 219 Å². The van der Waals surface area contributed by atoms with Gasteiger partial charge in [0.2, 0.25) is 0 Å². The fraction of sp³-hybridized carbons (Fsp3) is 0.344. The van der Waals surface area contributed by atoms with Crippen molar-refractivity contribution < 1.29 is 23.9 Å². The van der Waals surface area contributed by atoms with E-state index in [0.29, 0.717) is 29.7 Å². The number of ether oxygens (including phenoxy) is 2. The highest BCUT2D eigenvalue weighted by Crippen LogP contribution is 2.34. The minimum atomic E-state index is -0.502. The Bertz CT molecular complexity index is 1200. The van der Waals surface area contributed by atoms with Gasteiger partial charge in [-0.2, -0.15) is 0 Å². The summed E-state index contributed by atoms with van der Waals surface area (Å²) in [5, 5.41) is 0. The maximum Gasteiger partial charge on any atom is 0.338 e. The third kappa shape index (κ3) is 6.94. The number of benzene rings is 3. The molecule has 0 fully saturated rings. The van der Waals surface area contributed by atoms with Crippen molar-refractivity contribution in [3.8, 4) is 5.75 Å². The summed E-state index contributed by atoms with van der Waals surface area (Å²) in [6.07, 6.45) is 5.95. The van der Waals surface area contributed by atoms with E-state index in [9.17, 15) is 14.4 Å². The van der Waals surface area contributed by atoms with Gasteiger partial charge >= 0.3 is 5.97 Å². The molecule has 0 radical (unpaired) electrons. The molecule has 0 amide bonds. The molecule has 0 heterocycles. The highest BCUT2D eigenvalue weighted by atomic mass is 16.5. The first kappa shape index (κ1) is 27.9. The monoisotopic (exact) mass is 500 g/mol. The normalized spacial score (nSPS) is 10.7. The number of hydrogen-bond donors (Lipinski definition) is 0. The molecule has 0 aromatic heterocycles. The Morgan fingerprint density at radius 1 is 0.703 bits per heavy atom. The summed E-state index contributed by atoms with van der Waals surface area (Å²) in [5.74, 6) is -0.949. The Morgan fingerprint density at radius 2 is 1.27 bits per heavy atom. The van der Waals surface area contributed by atoms with E-state index >= 15 is 0 Å². The van der Waals surface area contributed by atoms with E-state index < -0.39 is 5.97 Å². The van der Waals surface area contributed by atoms with Crippen molar-refractivity contribution >= 4 is 17.5 Å². The zero-order valence-corrected chi connectivity index (χ0v) is 22.0. The molecule has 0 N–H and O–H groups in total. The molecule has 3 rings (SSSR count). The van der Waals surface area contributed by atoms with Gasteiger partial charge in [-0.3, -0.25) is 9.59 Å². The molecule has 0 saturated carbocycles. The molecule has 0 unspecified atom stereocenters. The minimum Gasteiger partial charge on any atom is -0.496 e. The molecule has 37 heavy (non-hydrogen) atoms. The van der Waals surface area contributed by atoms with Crippen LogP contribution in [0.4, 0.5) is 0 Å². The van der Waals surface area contributed by atoms with E-state index in [4.69, 9.17) is 9.47 Å². The van der Waals surface area contributed by atoms with Crippen LogP contribution in [-0.2, 0) is 11.2 Å². The maximum absolute atomic E-state index is 14.1.